The highest BCUT2D eigenvalue weighted by Crippen LogP contribution is 2.62. The Hall–Kier alpha value is -2.99. The number of hydrogen-bond donors (Lipinski definition) is 5. The Kier molecular flexibility index (Phi) is 6.57. The summed E-state index contributed by atoms with van der Waals surface area (Å²) < 4.78 is 21.9. The number of aliphatic hydroxyl groups is 5. The fourth-order valence-electron chi connectivity index (χ4n) is 4.89. The normalized spacial score (nSPS) is 20.1. The summed E-state index contributed by atoms with van der Waals surface area (Å²) in [5.74, 6) is -8.85. The van der Waals surface area contributed by atoms with Gasteiger partial charge in [-0.1, -0.05) is 39.7 Å². The van der Waals surface area contributed by atoms with E-state index in [-0.39, 0.29) is 51.3 Å². The Labute approximate surface area is 234 Å². The molecule has 1 fully saturated rings. The third-order valence-corrected chi connectivity index (χ3v) is 7.77. The van der Waals surface area contributed by atoms with Crippen molar-refractivity contribution in [1.82, 2.24) is 9.88 Å². The van der Waals surface area contributed by atoms with Crippen LogP contribution >= 0.6 is 27.5 Å². The van der Waals surface area contributed by atoms with E-state index in [0.29, 0.717) is 0 Å². The van der Waals surface area contributed by atoms with Gasteiger partial charge in [0.2, 0.25) is 5.72 Å². The minimum Gasteiger partial charge on any atom is -0.343 e. The average molecular weight is 621 g/mol. The van der Waals surface area contributed by atoms with Gasteiger partial charge in [-0.05, 0) is 49.2 Å². The van der Waals surface area contributed by atoms with Crippen LogP contribution in [0.2, 0.25) is 5.02 Å². The quantitative estimate of drug-likeness (QED) is 0.249. The van der Waals surface area contributed by atoms with E-state index in [2.05, 4.69) is 20.9 Å². The molecule has 0 bridgehead atoms. The van der Waals surface area contributed by atoms with Crippen molar-refractivity contribution in [1.29, 1.82) is 5.26 Å². The Morgan fingerprint density at radius 3 is 2.33 bits per heavy atom. The molecule has 0 unspecified atom stereocenters. The van der Waals surface area contributed by atoms with Gasteiger partial charge in [-0.3, -0.25) is 19.4 Å². The molecule has 3 aromatic rings. The van der Waals surface area contributed by atoms with E-state index >= 15 is 4.39 Å². The first-order chi connectivity index (χ1) is 18.3. The van der Waals surface area contributed by atoms with Gasteiger partial charge in [0, 0.05) is 21.3 Å². The van der Waals surface area contributed by atoms with E-state index < -0.39 is 40.4 Å². The molecule has 13 heteroatoms. The van der Waals surface area contributed by atoms with Crippen molar-refractivity contribution in [2.24, 2.45) is 5.41 Å². The Morgan fingerprint density at radius 2 is 1.79 bits per heavy atom. The van der Waals surface area contributed by atoms with Gasteiger partial charge in [0.15, 0.2) is 0 Å². The van der Waals surface area contributed by atoms with Crippen LogP contribution in [0.15, 0.2) is 59.2 Å². The molecule has 5 N–H and O–H groups in total. The summed E-state index contributed by atoms with van der Waals surface area (Å²) in [4.78, 5) is 19.0. The number of pyridine rings is 1. The van der Waals surface area contributed by atoms with Gasteiger partial charge in [0.05, 0.1) is 28.9 Å². The molecular formula is C26H20BrClFN3O7. The van der Waals surface area contributed by atoms with Crippen molar-refractivity contribution in [3.8, 4) is 6.07 Å². The number of fused-ring (bicyclic) bond motifs is 1. The number of halogens is 3. The smallest absolute Gasteiger partial charge is 0.294 e. The average Bonchev–Trinajstić information content (AvgIpc) is 3.66. The first kappa shape index (κ1) is 27.6. The lowest BCUT2D eigenvalue weighted by Crippen LogP contribution is -2.61. The van der Waals surface area contributed by atoms with E-state index in [1.54, 1.807) is 0 Å². The molecule has 2 aliphatic rings. The zero-order valence-corrected chi connectivity index (χ0v) is 22.2. The van der Waals surface area contributed by atoms with Crippen LogP contribution in [-0.2, 0) is 17.0 Å². The number of benzene rings is 2. The monoisotopic (exact) mass is 619 g/mol. The Morgan fingerprint density at radius 1 is 1.13 bits per heavy atom. The van der Waals surface area contributed by atoms with Gasteiger partial charge < -0.3 is 25.5 Å². The highest BCUT2D eigenvalue weighted by Gasteiger charge is 2.74. The van der Waals surface area contributed by atoms with Gasteiger partial charge in [-0.2, -0.15) is 5.26 Å². The minimum absolute atomic E-state index is 0.0246. The zero-order chi connectivity index (χ0) is 28.4. The summed E-state index contributed by atoms with van der Waals surface area (Å²) in [6.07, 6.45) is 0.687. The van der Waals surface area contributed by atoms with Crippen molar-refractivity contribution in [3.05, 3.63) is 98.0 Å². The maximum absolute atomic E-state index is 15.8. The number of carbonyl (C=O) groups is 1. The summed E-state index contributed by atoms with van der Waals surface area (Å²) in [6, 6.07) is 12.8. The molecule has 0 saturated heterocycles. The summed E-state index contributed by atoms with van der Waals surface area (Å²) >= 11 is 9.25. The fourth-order valence-corrected chi connectivity index (χ4v) is 5.44. The van der Waals surface area contributed by atoms with Crippen LogP contribution in [0.25, 0.3) is 0 Å². The van der Waals surface area contributed by atoms with Crippen molar-refractivity contribution in [2.45, 2.75) is 37.1 Å². The van der Waals surface area contributed by atoms with Crippen molar-refractivity contribution < 1.29 is 39.5 Å². The fraction of sp³-hybridized carbons (Fsp3) is 0.269. The SMILES string of the molecule is N#Cc1ccc(CN2C(=O)c3cc(Br)cc(F)c3[C@]2(OC(O)(O)C2(C(O)(O)O)CC2)c2ccc(Cl)cc2)nc1. The molecule has 0 radical (unpaired) electrons. The van der Waals surface area contributed by atoms with Crippen molar-refractivity contribution in [2.75, 3.05) is 0 Å². The zero-order valence-electron chi connectivity index (χ0n) is 19.8. The number of aromatic nitrogens is 1. The molecule has 2 aromatic carbocycles. The highest BCUT2D eigenvalue weighted by molar-refractivity contribution is 9.10. The van der Waals surface area contributed by atoms with E-state index in [1.165, 1.54) is 48.7 Å². The molecule has 5 rings (SSSR count). The standard InChI is InChI=1S/C26H20BrClFN3O7/c27-16-9-19-21(20(29)10-16)24(15-2-4-17(28)5-3-15,39-26(37,38)23(7-8-23)25(34,35)36)32(22(19)33)13-18-6-1-14(11-30)12-31-18/h1-6,9-10,12,34-38H,7-8,13H2/t24-/m1/s1. The molecule has 1 amide bonds. The number of carbonyl (C=O) groups excluding carboxylic acids is 1. The number of amides is 1. The highest BCUT2D eigenvalue weighted by atomic mass is 79.9. The molecule has 1 saturated carbocycles. The van der Waals surface area contributed by atoms with Crippen LogP contribution in [0.1, 0.15) is 45.6 Å². The number of nitriles is 1. The van der Waals surface area contributed by atoms with Gasteiger partial charge in [-0.25, -0.2) is 4.39 Å². The lowest BCUT2D eigenvalue weighted by molar-refractivity contribution is -0.484. The minimum atomic E-state index is -3.60. The number of ether oxygens (including phenoxy) is 1. The second-order valence-corrected chi connectivity index (χ2v) is 10.8. The lowest BCUT2D eigenvalue weighted by Gasteiger charge is -2.46. The molecule has 0 spiro atoms. The first-order valence-electron chi connectivity index (χ1n) is 11.5. The van der Waals surface area contributed by atoms with Gasteiger partial charge in [-0.15, -0.1) is 0 Å². The third-order valence-electron chi connectivity index (χ3n) is 7.06. The molecular weight excluding hydrogens is 601 g/mol. The van der Waals surface area contributed by atoms with Crippen molar-refractivity contribution in [3.63, 3.8) is 0 Å². The summed E-state index contributed by atoms with van der Waals surface area (Å²) in [5.41, 5.74) is -4.91. The predicted octanol–water partition coefficient (Wildman–Crippen LogP) is 2.43. The van der Waals surface area contributed by atoms with E-state index in [4.69, 9.17) is 21.6 Å². The molecule has 202 valence electrons. The topological polar surface area (TPSA) is 167 Å². The van der Waals surface area contributed by atoms with E-state index in [0.717, 1.165) is 11.0 Å². The second kappa shape index (κ2) is 9.29. The molecule has 1 atom stereocenters. The Balaban J connectivity index is 1.77. The third kappa shape index (κ3) is 4.32. The van der Waals surface area contributed by atoms with Crippen LogP contribution in [-0.4, -0.2) is 53.3 Å². The van der Waals surface area contributed by atoms with Crippen molar-refractivity contribution >= 4 is 33.4 Å². The van der Waals surface area contributed by atoms with E-state index in [1.807, 2.05) is 6.07 Å². The number of hydrogen-bond acceptors (Lipinski definition) is 9. The first-order valence-corrected chi connectivity index (χ1v) is 12.7. The summed E-state index contributed by atoms with van der Waals surface area (Å²) in [6.45, 7) is -0.371. The maximum Gasteiger partial charge on any atom is 0.294 e. The molecule has 1 aromatic heterocycles. The van der Waals surface area contributed by atoms with Gasteiger partial charge >= 0.3 is 0 Å². The maximum atomic E-state index is 15.8. The van der Waals surface area contributed by atoms with E-state index in [9.17, 15) is 30.3 Å². The molecule has 39 heavy (non-hydrogen) atoms. The lowest BCUT2D eigenvalue weighted by atomic mass is 9.91. The molecule has 1 aliphatic heterocycles. The Bertz CT molecular complexity index is 1500. The second-order valence-electron chi connectivity index (χ2n) is 9.43. The summed E-state index contributed by atoms with van der Waals surface area (Å²) in [7, 11) is 0. The summed E-state index contributed by atoms with van der Waals surface area (Å²) in [5, 5.41) is 61.8. The van der Waals surface area contributed by atoms with Crippen LogP contribution < -0.4 is 0 Å². The molecule has 2 heterocycles. The largest absolute Gasteiger partial charge is 0.343 e. The van der Waals surface area contributed by atoms with Crippen LogP contribution in [0.3, 0.4) is 0 Å². The number of nitrogens with zero attached hydrogens (tertiary/aromatic N) is 3. The van der Waals surface area contributed by atoms with Crippen LogP contribution in [0, 0.1) is 22.6 Å². The molecule has 1 aliphatic carbocycles. The molecule has 10 nitrogen and oxygen atoms in total. The predicted molar refractivity (Wildman–Crippen MR) is 134 cm³/mol. The van der Waals surface area contributed by atoms with Gasteiger partial charge in [0.25, 0.3) is 17.9 Å². The van der Waals surface area contributed by atoms with Crippen LogP contribution in [0.4, 0.5) is 4.39 Å². The number of rotatable bonds is 7. The van der Waals surface area contributed by atoms with Gasteiger partial charge in [0.1, 0.15) is 17.3 Å². The van der Waals surface area contributed by atoms with Crippen LogP contribution in [0.5, 0.6) is 0 Å².